The molecule has 0 aliphatic heterocycles. The number of hydrogen-bond donors (Lipinski definition) is 2. The topological polar surface area (TPSA) is 115 Å². The number of nitrogens with two attached hydrogens (primary N) is 1. The van der Waals surface area contributed by atoms with Crippen LogP contribution < -0.4 is 11.1 Å². The number of benzene rings is 2. The Kier molecular flexibility index (Phi) is 4.17. The van der Waals surface area contributed by atoms with E-state index in [4.69, 9.17) is 5.73 Å². The van der Waals surface area contributed by atoms with Crippen molar-refractivity contribution < 1.29 is 14.5 Å². The van der Waals surface area contributed by atoms with Crippen LogP contribution in [0.25, 0.3) is 0 Å². The Hall–Kier alpha value is -3.22. The van der Waals surface area contributed by atoms with E-state index >= 15 is 0 Å². The first-order chi connectivity index (χ1) is 10.4. The monoisotopic (exact) mass is 299 g/mol. The van der Waals surface area contributed by atoms with Gasteiger partial charge in [0.05, 0.1) is 4.92 Å². The number of para-hydroxylation sites is 1. The van der Waals surface area contributed by atoms with E-state index in [1.54, 1.807) is 19.1 Å². The third-order valence-electron chi connectivity index (χ3n) is 3.09. The van der Waals surface area contributed by atoms with Crippen molar-refractivity contribution in [1.29, 1.82) is 0 Å². The van der Waals surface area contributed by atoms with Gasteiger partial charge < -0.3 is 11.1 Å². The zero-order valence-corrected chi connectivity index (χ0v) is 11.7. The Morgan fingerprint density at radius 2 is 1.77 bits per heavy atom. The fourth-order valence-electron chi connectivity index (χ4n) is 2.00. The second-order valence-corrected chi connectivity index (χ2v) is 4.62. The molecule has 0 heterocycles. The van der Waals surface area contributed by atoms with Crippen LogP contribution in [-0.2, 0) is 0 Å². The van der Waals surface area contributed by atoms with Crippen LogP contribution in [0.5, 0.6) is 0 Å². The molecule has 0 aromatic heterocycles. The predicted octanol–water partition coefficient (Wildman–Crippen LogP) is 2.25. The van der Waals surface area contributed by atoms with E-state index in [0.717, 1.165) is 0 Å². The molecule has 0 unspecified atom stereocenters. The van der Waals surface area contributed by atoms with Crippen LogP contribution in [0, 0.1) is 17.0 Å². The van der Waals surface area contributed by atoms with Gasteiger partial charge in [-0.15, -0.1) is 0 Å². The molecule has 0 atom stereocenters. The number of amides is 2. The molecular formula is C15H13N3O4. The summed E-state index contributed by atoms with van der Waals surface area (Å²) in [6.45, 7) is 1.57. The Balaban J connectivity index is 2.28. The van der Waals surface area contributed by atoms with Gasteiger partial charge in [-0.1, -0.05) is 12.1 Å². The number of aryl methyl sites for hydroxylation is 1. The number of nitrogens with one attached hydrogen (secondary N) is 1. The van der Waals surface area contributed by atoms with Crippen LogP contribution in [0.4, 0.5) is 11.4 Å². The summed E-state index contributed by atoms with van der Waals surface area (Å²) in [5, 5.41) is 13.6. The molecule has 0 aliphatic carbocycles. The van der Waals surface area contributed by atoms with Gasteiger partial charge in [0, 0.05) is 16.8 Å². The zero-order valence-electron chi connectivity index (χ0n) is 11.7. The molecule has 2 aromatic rings. The van der Waals surface area contributed by atoms with E-state index in [1.165, 1.54) is 30.3 Å². The zero-order chi connectivity index (χ0) is 16.3. The average molecular weight is 299 g/mol. The molecule has 0 spiro atoms. The van der Waals surface area contributed by atoms with E-state index in [0.29, 0.717) is 16.8 Å². The number of hydrogen-bond acceptors (Lipinski definition) is 4. The van der Waals surface area contributed by atoms with Gasteiger partial charge in [-0.2, -0.15) is 0 Å². The summed E-state index contributed by atoms with van der Waals surface area (Å²) in [7, 11) is 0. The van der Waals surface area contributed by atoms with Crippen molar-refractivity contribution in [3.63, 3.8) is 0 Å². The summed E-state index contributed by atoms with van der Waals surface area (Å²) in [4.78, 5) is 33.7. The molecule has 3 N–H and O–H groups in total. The van der Waals surface area contributed by atoms with Crippen molar-refractivity contribution in [2.75, 3.05) is 5.32 Å². The van der Waals surface area contributed by atoms with E-state index in [2.05, 4.69) is 5.32 Å². The van der Waals surface area contributed by atoms with Crippen molar-refractivity contribution in [2.45, 2.75) is 6.92 Å². The first kappa shape index (κ1) is 15.2. The third-order valence-corrected chi connectivity index (χ3v) is 3.09. The molecule has 2 aromatic carbocycles. The van der Waals surface area contributed by atoms with E-state index in [-0.39, 0.29) is 11.3 Å². The smallest absolute Gasteiger partial charge is 0.285 e. The maximum Gasteiger partial charge on any atom is 0.285 e. The Labute approximate surface area is 125 Å². The molecule has 22 heavy (non-hydrogen) atoms. The summed E-state index contributed by atoms with van der Waals surface area (Å²) < 4.78 is 0. The Morgan fingerprint density at radius 3 is 2.32 bits per heavy atom. The van der Waals surface area contributed by atoms with Crippen molar-refractivity contribution >= 4 is 23.2 Å². The minimum atomic E-state index is -0.595. The number of carbonyl (C=O) groups excluding carboxylic acids is 2. The number of nitro groups is 1. The summed E-state index contributed by atoms with van der Waals surface area (Å²) >= 11 is 0. The fourth-order valence-corrected chi connectivity index (χ4v) is 2.00. The molecule has 0 fully saturated rings. The van der Waals surface area contributed by atoms with Gasteiger partial charge >= 0.3 is 0 Å². The first-order valence-electron chi connectivity index (χ1n) is 6.35. The van der Waals surface area contributed by atoms with Gasteiger partial charge in [0.2, 0.25) is 5.91 Å². The summed E-state index contributed by atoms with van der Waals surface area (Å²) in [6.07, 6.45) is 0. The van der Waals surface area contributed by atoms with Crippen molar-refractivity contribution in [2.24, 2.45) is 5.73 Å². The third kappa shape index (κ3) is 3.09. The number of primary amides is 1. The molecule has 0 radical (unpaired) electrons. The van der Waals surface area contributed by atoms with Crippen molar-refractivity contribution in [3.8, 4) is 0 Å². The quantitative estimate of drug-likeness (QED) is 0.665. The molecule has 2 amide bonds. The second kappa shape index (κ2) is 6.04. The van der Waals surface area contributed by atoms with Gasteiger partial charge in [-0.25, -0.2) is 0 Å². The maximum atomic E-state index is 12.2. The molecule has 0 saturated heterocycles. The van der Waals surface area contributed by atoms with Gasteiger partial charge in [0.1, 0.15) is 5.56 Å². The van der Waals surface area contributed by atoms with Crippen LogP contribution in [0.15, 0.2) is 42.5 Å². The molecule has 2 rings (SSSR count). The molecule has 0 saturated carbocycles. The summed E-state index contributed by atoms with van der Waals surface area (Å²) in [5.74, 6) is -1.17. The average Bonchev–Trinajstić information content (AvgIpc) is 2.47. The van der Waals surface area contributed by atoms with Crippen LogP contribution >= 0.6 is 0 Å². The van der Waals surface area contributed by atoms with Crippen LogP contribution in [-0.4, -0.2) is 16.7 Å². The minimum Gasteiger partial charge on any atom is -0.366 e. The van der Waals surface area contributed by atoms with Crippen LogP contribution in [0.2, 0.25) is 0 Å². The van der Waals surface area contributed by atoms with E-state index in [1.807, 2.05) is 0 Å². The Morgan fingerprint density at radius 1 is 1.14 bits per heavy atom. The minimum absolute atomic E-state index is 0.0241. The normalized spacial score (nSPS) is 10.0. The lowest BCUT2D eigenvalue weighted by Crippen LogP contribution is -2.15. The maximum absolute atomic E-state index is 12.2. The second-order valence-electron chi connectivity index (χ2n) is 4.62. The molecular weight excluding hydrogens is 286 g/mol. The highest BCUT2D eigenvalue weighted by Gasteiger charge is 2.22. The predicted molar refractivity (Wildman–Crippen MR) is 80.7 cm³/mol. The SMILES string of the molecule is Cc1cccc(C(=O)Nc2ccc(C(N)=O)cc2)c1[N+](=O)[O-]. The van der Waals surface area contributed by atoms with Crippen LogP contribution in [0.1, 0.15) is 26.3 Å². The van der Waals surface area contributed by atoms with E-state index in [9.17, 15) is 19.7 Å². The van der Waals surface area contributed by atoms with Crippen molar-refractivity contribution in [3.05, 3.63) is 69.3 Å². The van der Waals surface area contributed by atoms with E-state index < -0.39 is 16.7 Å². The number of nitrogens with zero attached hydrogens (tertiary/aromatic N) is 1. The molecule has 0 aliphatic rings. The lowest BCUT2D eigenvalue weighted by molar-refractivity contribution is -0.385. The highest BCUT2D eigenvalue weighted by molar-refractivity contribution is 6.07. The fraction of sp³-hybridized carbons (Fsp3) is 0.0667. The number of anilines is 1. The highest BCUT2D eigenvalue weighted by Crippen LogP contribution is 2.24. The lowest BCUT2D eigenvalue weighted by Gasteiger charge is -2.07. The van der Waals surface area contributed by atoms with Gasteiger partial charge in [-0.05, 0) is 37.3 Å². The number of rotatable bonds is 4. The Bertz CT molecular complexity index is 754. The van der Waals surface area contributed by atoms with Crippen molar-refractivity contribution in [1.82, 2.24) is 0 Å². The first-order valence-corrected chi connectivity index (χ1v) is 6.35. The number of nitro benzene ring substituents is 1. The molecule has 7 nitrogen and oxygen atoms in total. The van der Waals surface area contributed by atoms with Gasteiger partial charge in [0.15, 0.2) is 0 Å². The lowest BCUT2D eigenvalue weighted by atomic mass is 10.1. The molecule has 112 valence electrons. The highest BCUT2D eigenvalue weighted by atomic mass is 16.6. The van der Waals surface area contributed by atoms with Gasteiger partial charge in [-0.3, -0.25) is 19.7 Å². The largest absolute Gasteiger partial charge is 0.366 e. The summed E-state index contributed by atoms with van der Waals surface area (Å²) in [6, 6.07) is 10.5. The van der Waals surface area contributed by atoms with Crippen LogP contribution in [0.3, 0.4) is 0 Å². The standard InChI is InChI=1S/C15H13N3O4/c1-9-3-2-4-12(13(9)18(21)22)15(20)17-11-7-5-10(6-8-11)14(16)19/h2-8H,1H3,(H2,16,19)(H,17,20). The summed E-state index contributed by atoms with van der Waals surface area (Å²) in [5.41, 5.74) is 5.99. The molecule has 7 heteroatoms. The van der Waals surface area contributed by atoms with Gasteiger partial charge in [0.25, 0.3) is 11.6 Å². The molecule has 0 bridgehead atoms. The number of carbonyl (C=O) groups is 2.